The van der Waals surface area contributed by atoms with E-state index in [9.17, 15) is 9.59 Å². The Morgan fingerprint density at radius 2 is 2.05 bits per heavy atom. The highest BCUT2D eigenvalue weighted by atomic mass is 16.4. The number of hydrogen-bond acceptors (Lipinski definition) is 3. The van der Waals surface area contributed by atoms with Gasteiger partial charge in [0.2, 0.25) is 0 Å². The van der Waals surface area contributed by atoms with Gasteiger partial charge in [0.15, 0.2) is 0 Å². The molecule has 6 nitrogen and oxygen atoms in total. The fourth-order valence-corrected chi connectivity index (χ4v) is 2.29. The average Bonchev–Trinajstić information content (AvgIpc) is 2.89. The number of hydrogen-bond donors (Lipinski definition) is 2. The maximum absolute atomic E-state index is 12.1. The maximum Gasteiger partial charge on any atom is 0.335 e. The van der Waals surface area contributed by atoms with E-state index in [1.165, 1.54) is 0 Å². The zero-order valence-electron chi connectivity index (χ0n) is 12.4. The van der Waals surface area contributed by atoms with Crippen LogP contribution in [0.1, 0.15) is 28.4 Å². The fraction of sp³-hybridized carbons (Fsp3) is 0.467. The molecule has 2 amide bonds. The Kier molecular flexibility index (Phi) is 4.80. The van der Waals surface area contributed by atoms with Crippen molar-refractivity contribution in [3.63, 3.8) is 0 Å². The van der Waals surface area contributed by atoms with Crippen LogP contribution >= 0.6 is 0 Å². The fourth-order valence-electron chi connectivity index (χ4n) is 2.29. The van der Waals surface area contributed by atoms with Crippen molar-refractivity contribution >= 4 is 12.0 Å². The van der Waals surface area contributed by atoms with E-state index >= 15 is 0 Å². The van der Waals surface area contributed by atoms with Crippen LogP contribution in [0.5, 0.6) is 0 Å². The van der Waals surface area contributed by atoms with Crippen molar-refractivity contribution in [1.82, 2.24) is 15.1 Å². The predicted molar refractivity (Wildman–Crippen MR) is 79.2 cm³/mol. The first kappa shape index (κ1) is 15.3. The second-order valence-corrected chi connectivity index (χ2v) is 5.27. The monoisotopic (exact) mass is 291 g/mol. The second kappa shape index (κ2) is 6.58. The van der Waals surface area contributed by atoms with Gasteiger partial charge in [0.05, 0.1) is 5.56 Å². The maximum atomic E-state index is 12.1. The molecule has 0 atom stereocenters. The molecule has 114 valence electrons. The summed E-state index contributed by atoms with van der Waals surface area (Å²) in [6.07, 6.45) is 0. The second-order valence-electron chi connectivity index (χ2n) is 5.27. The van der Waals surface area contributed by atoms with E-state index in [0.717, 1.165) is 24.2 Å². The van der Waals surface area contributed by atoms with Crippen molar-refractivity contribution in [1.29, 1.82) is 0 Å². The van der Waals surface area contributed by atoms with Crippen LogP contribution in [-0.4, -0.2) is 53.6 Å². The standard InChI is InChI=1S/C15H21N3O3/c1-3-17(2)7-6-16-15(21)18-9-12-5-4-11(14(19)20)8-13(12)10-18/h4-5,8H,3,6-7,9-10H2,1-2H3,(H,16,21)(H,19,20). The van der Waals surface area contributed by atoms with Crippen molar-refractivity contribution in [3.05, 3.63) is 34.9 Å². The Labute approximate surface area is 124 Å². The van der Waals surface area contributed by atoms with Crippen LogP contribution in [0.25, 0.3) is 0 Å². The van der Waals surface area contributed by atoms with Crippen LogP contribution in [0.15, 0.2) is 18.2 Å². The van der Waals surface area contributed by atoms with Crippen molar-refractivity contribution < 1.29 is 14.7 Å². The number of rotatable bonds is 5. The van der Waals surface area contributed by atoms with Crippen LogP contribution in [0.4, 0.5) is 4.79 Å². The highest BCUT2D eigenvalue weighted by Crippen LogP contribution is 2.23. The molecule has 2 rings (SSSR count). The zero-order chi connectivity index (χ0) is 15.4. The molecule has 0 saturated heterocycles. The minimum absolute atomic E-state index is 0.104. The Morgan fingerprint density at radius 3 is 2.71 bits per heavy atom. The lowest BCUT2D eigenvalue weighted by molar-refractivity contribution is 0.0696. The number of benzene rings is 1. The molecular formula is C15H21N3O3. The summed E-state index contributed by atoms with van der Waals surface area (Å²) in [6, 6.07) is 4.92. The molecular weight excluding hydrogens is 270 g/mol. The van der Waals surface area contributed by atoms with Gasteiger partial charge in [0.25, 0.3) is 0 Å². The Hall–Kier alpha value is -2.08. The smallest absolute Gasteiger partial charge is 0.335 e. The summed E-state index contributed by atoms with van der Waals surface area (Å²) < 4.78 is 0. The third-order valence-electron chi connectivity index (χ3n) is 3.77. The van der Waals surface area contributed by atoms with Gasteiger partial charge in [-0.2, -0.15) is 0 Å². The molecule has 1 aromatic rings. The average molecular weight is 291 g/mol. The van der Waals surface area contributed by atoms with Gasteiger partial charge >= 0.3 is 12.0 Å². The molecule has 0 spiro atoms. The van der Waals surface area contributed by atoms with Gasteiger partial charge in [-0.25, -0.2) is 9.59 Å². The lowest BCUT2D eigenvalue weighted by Gasteiger charge is -2.18. The Bertz CT molecular complexity index is 545. The lowest BCUT2D eigenvalue weighted by atomic mass is 10.1. The molecule has 0 bridgehead atoms. The van der Waals surface area contributed by atoms with Crippen molar-refractivity contribution in [2.24, 2.45) is 0 Å². The largest absolute Gasteiger partial charge is 0.478 e. The number of aromatic carboxylic acids is 1. The third kappa shape index (κ3) is 3.72. The molecule has 0 aliphatic carbocycles. The molecule has 2 N–H and O–H groups in total. The Morgan fingerprint density at radius 1 is 1.33 bits per heavy atom. The summed E-state index contributed by atoms with van der Waals surface area (Å²) in [5.41, 5.74) is 2.19. The molecule has 0 saturated carbocycles. The van der Waals surface area contributed by atoms with Gasteiger partial charge in [0, 0.05) is 26.2 Å². The summed E-state index contributed by atoms with van der Waals surface area (Å²) in [5.74, 6) is -0.941. The first-order valence-corrected chi connectivity index (χ1v) is 7.07. The number of urea groups is 1. The number of nitrogens with one attached hydrogen (secondary N) is 1. The van der Waals surface area contributed by atoms with Crippen LogP contribution in [0, 0.1) is 0 Å². The van der Waals surface area contributed by atoms with Crippen LogP contribution in [-0.2, 0) is 13.1 Å². The molecule has 0 radical (unpaired) electrons. The number of carbonyl (C=O) groups excluding carboxylic acids is 1. The number of carboxylic acid groups (broad SMARTS) is 1. The van der Waals surface area contributed by atoms with Gasteiger partial charge in [0.1, 0.15) is 0 Å². The molecule has 1 aliphatic rings. The quantitative estimate of drug-likeness (QED) is 0.859. The van der Waals surface area contributed by atoms with Gasteiger partial charge < -0.3 is 20.2 Å². The highest BCUT2D eigenvalue weighted by molar-refractivity contribution is 5.88. The summed E-state index contributed by atoms with van der Waals surface area (Å²) in [4.78, 5) is 26.9. The van der Waals surface area contributed by atoms with E-state index in [1.54, 1.807) is 23.1 Å². The molecule has 1 aliphatic heterocycles. The lowest BCUT2D eigenvalue weighted by Crippen LogP contribution is -2.40. The van der Waals surface area contributed by atoms with Crippen molar-refractivity contribution in [3.8, 4) is 0 Å². The van der Waals surface area contributed by atoms with E-state index in [4.69, 9.17) is 5.11 Å². The number of nitrogens with zero attached hydrogens (tertiary/aromatic N) is 2. The van der Waals surface area contributed by atoms with E-state index in [1.807, 2.05) is 7.05 Å². The minimum atomic E-state index is -0.941. The molecule has 0 aromatic heterocycles. The van der Waals surface area contributed by atoms with Crippen LogP contribution in [0.3, 0.4) is 0 Å². The molecule has 1 aromatic carbocycles. The molecule has 1 heterocycles. The number of carboxylic acids is 1. The molecule has 0 unspecified atom stereocenters. The van der Waals surface area contributed by atoms with Gasteiger partial charge in [-0.05, 0) is 36.9 Å². The van der Waals surface area contributed by atoms with Crippen molar-refractivity contribution in [2.75, 3.05) is 26.7 Å². The molecule has 21 heavy (non-hydrogen) atoms. The van der Waals surface area contributed by atoms with E-state index in [-0.39, 0.29) is 11.6 Å². The predicted octanol–water partition coefficient (Wildman–Crippen LogP) is 1.36. The first-order valence-electron chi connectivity index (χ1n) is 7.07. The summed E-state index contributed by atoms with van der Waals surface area (Å²) >= 11 is 0. The number of carbonyl (C=O) groups is 2. The summed E-state index contributed by atoms with van der Waals surface area (Å²) in [7, 11) is 2.01. The summed E-state index contributed by atoms with van der Waals surface area (Å²) in [6.45, 7) is 5.43. The van der Waals surface area contributed by atoms with Crippen LogP contribution in [0.2, 0.25) is 0 Å². The molecule has 0 fully saturated rings. The normalized spacial score (nSPS) is 13.4. The Balaban J connectivity index is 1.90. The highest BCUT2D eigenvalue weighted by Gasteiger charge is 2.23. The van der Waals surface area contributed by atoms with Gasteiger partial charge in [-0.1, -0.05) is 13.0 Å². The van der Waals surface area contributed by atoms with Gasteiger partial charge in [-0.15, -0.1) is 0 Å². The summed E-state index contributed by atoms with van der Waals surface area (Å²) in [5, 5.41) is 11.9. The number of likely N-dealkylation sites (N-methyl/N-ethyl adjacent to an activating group) is 1. The van der Waals surface area contributed by atoms with Crippen LogP contribution < -0.4 is 5.32 Å². The first-order chi connectivity index (χ1) is 10.0. The molecule has 6 heteroatoms. The third-order valence-corrected chi connectivity index (χ3v) is 3.77. The number of amides is 2. The topological polar surface area (TPSA) is 72.9 Å². The number of fused-ring (bicyclic) bond motifs is 1. The zero-order valence-corrected chi connectivity index (χ0v) is 12.4. The minimum Gasteiger partial charge on any atom is -0.478 e. The van der Waals surface area contributed by atoms with E-state index < -0.39 is 5.97 Å². The van der Waals surface area contributed by atoms with Gasteiger partial charge in [-0.3, -0.25) is 0 Å². The van der Waals surface area contributed by atoms with Crippen molar-refractivity contribution in [2.45, 2.75) is 20.0 Å². The SMILES string of the molecule is CCN(C)CCNC(=O)N1Cc2ccc(C(=O)O)cc2C1. The van der Waals surface area contributed by atoms with E-state index in [0.29, 0.717) is 19.6 Å². The van der Waals surface area contributed by atoms with E-state index in [2.05, 4.69) is 17.1 Å².